The van der Waals surface area contributed by atoms with Gasteiger partial charge in [-0.25, -0.2) is 10.8 Å². The number of pyridine rings is 1. The van der Waals surface area contributed by atoms with Gasteiger partial charge in [0.2, 0.25) is 0 Å². The molecule has 1 aliphatic heterocycles. The summed E-state index contributed by atoms with van der Waals surface area (Å²) in [6.07, 6.45) is 5.52. The van der Waals surface area contributed by atoms with Gasteiger partial charge in [0.05, 0.1) is 30.2 Å². The number of anilines is 2. The maximum atomic E-state index is 6.23. The second kappa shape index (κ2) is 4.47. The summed E-state index contributed by atoms with van der Waals surface area (Å²) in [5, 5.41) is 2.68. The van der Waals surface area contributed by atoms with E-state index in [9.17, 15) is 0 Å². The van der Waals surface area contributed by atoms with Gasteiger partial charge in [0.15, 0.2) is 0 Å². The largest absolute Gasteiger partial charge is 0.396 e. The quantitative estimate of drug-likeness (QED) is 0.544. The van der Waals surface area contributed by atoms with Crippen LogP contribution in [0.1, 0.15) is 12.8 Å². The molecule has 1 atom stereocenters. The number of nitrogens with zero attached hydrogens (tertiary/aromatic N) is 2. The van der Waals surface area contributed by atoms with Crippen LogP contribution >= 0.6 is 0 Å². The normalized spacial score (nSPS) is 20.2. The molecule has 1 fully saturated rings. The second-order valence-corrected chi connectivity index (χ2v) is 4.58. The van der Waals surface area contributed by atoms with Crippen LogP contribution in [-0.2, 0) is 4.74 Å². The van der Waals surface area contributed by atoms with Gasteiger partial charge >= 0.3 is 0 Å². The maximum absolute atomic E-state index is 6.23. The molecule has 1 saturated heterocycles. The Morgan fingerprint density at radius 1 is 1.50 bits per heavy atom. The number of aromatic nitrogens is 2. The number of hydrogen-bond acceptors (Lipinski definition) is 5. The Morgan fingerprint density at radius 2 is 2.39 bits per heavy atom. The van der Waals surface area contributed by atoms with Gasteiger partial charge in [-0.15, -0.1) is 0 Å². The maximum Gasteiger partial charge on any atom is 0.139 e. The molecule has 5 N–H and O–H groups in total. The molecular weight excluding hydrogens is 230 g/mol. The van der Waals surface area contributed by atoms with Crippen LogP contribution in [0.4, 0.5) is 11.4 Å². The summed E-state index contributed by atoms with van der Waals surface area (Å²) in [7, 11) is 0. The van der Waals surface area contributed by atoms with E-state index in [0.717, 1.165) is 36.2 Å². The predicted octanol–water partition coefficient (Wildman–Crippen LogP) is 1.00. The lowest BCUT2D eigenvalue weighted by molar-refractivity contribution is 0.0793. The van der Waals surface area contributed by atoms with Crippen molar-refractivity contribution in [3.8, 4) is 0 Å². The third-order valence-corrected chi connectivity index (χ3v) is 3.37. The van der Waals surface area contributed by atoms with Crippen LogP contribution < -0.4 is 16.6 Å². The lowest BCUT2D eigenvalue weighted by Gasteiger charge is -2.32. The van der Waals surface area contributed by atoms with Crippen molar-refractivity contribution in [3.63, 3.8) is 0 Å². The first-order valence-electron chi connectivity index (χ1n) is 6.10. The number of H-pyrrole nitrogens is 1. The summed E-state index contributed by atoms with van der Waals surface area (Å²) in [5.41, 5.74) is 8.24. The fourth-order valence-electron chi connectivity index (χ4n) is 2.42. The summed E-state index contributed by atoms with van der Waals surface area (Å²) in [6.45, 7) is 1.46. The Morgan fingerprint density at radius 3 is 3.17 bits per heavy atom. The lowest BCUT2D eigenvalue weighted by Crippen LogP contribution is -2.46. The molecule has 0 radical (unpaired) electrons. The van der Waals surface area contributed by atoms with Gasteiger partial charge in [-0.05, 0) is 18.9 Å². The van der Waals surface area contributed by atoms with Crippen LogP contribution in [0.2, 0.25) is 0 Å². The highest BCUT2D eigenvalue weighted by Gasteiger charge is 2.23. The van der Waals surface area contributed by atoms with E-state index < -0.39 is 0 Å². The number of ether oxygens (including phenoxy) is 1. The van der Waals surface area contributed by atoms with Crippen LogP contribution in [0.25, 0.3) is 11.0 Å². The number of rotatable bonds is 2. The van der Waals surface area contributed by atoms with Gasteiger partial charge in [-0.1, -0.05) is 0 Å². The van der Waals surface area contributed by atoms with E-state index in [-0.39, 0.29) is 6.04 Å². The Labute approximate surface area is 105 Å². The van der Waals surface area contributed by atoms with E-state index in [1.807, 2.05) is 12.3 Å². The Hall–Kier alpha value is -1.79. The van der Waals surface area contributed by atoms with Crippen molar-refractivity contribution in [1.82, 2.24) is 9.97 Å². The first-order valence-corrected chi connectivity index (χ1v) is 6.10. The number of fused-ring (bicyclic) bond motifs is 1. The highest BCUT2D eigenvalue weighted by atomic mass is 16.5. The molecule has 1 aliphatic rings. The van der Waals surface area contributed by atoms with Gasteiger partial charge < -0.3 is 20.5 Å². The zero-order chi connectivity index (χ0) is 12.5. The second-order valence-electron chi connectivity index (χ2n) is 4.58. The van der Waals surface area contributed by atoms with Gasteiger partial charge in [-0.3, -0.25) is 0 Å². The zero-order valence-electron chi connectivity index (χ0n) is 10.1. The number of hydrazine groups is 1. The number of nitrogens with two attached hydrogens (primary N) is 2. The molecule has 3 heterocycles. The van der Waals surface area contributed by atoms with Crippen molar-refractivity contribution in [1.29, 1.82) is 0 Å². The van der Waals surface area contributed by atoms with Crippen LogP contribution in [-0.4, -0.2) is 29.2 Å². The van der Waals surface area contributed by atoms with E-state index in [4.69, 9.17) is 16.3 Å². The number of aromatic amines is 1. The topological polar surface area (TPSA) is 93.2 Å². The van der Waals surface area contributed by atoms with Crippen molar-refractivity contribution in [2.24, 2.45) is 5.84 Å². The molecule has 2 aromatic heterocycles. The molecule has 6 nitrogen and oxygen atoms in total. The Balaban J connectivity index is 2.01. The number of nitrogen functional groups attached to an aromatic ring is 1. The third kappa shape index (κ3) is 1.79. The van der Waals surface area contributed by atoms with Crippen molar-refractivity contribution in [2.45, 2.75) is 18.9 Å². The van der Waals surface area contributed by atoms with E-state index in [1.165, 1.54) is 0 Å². The molecule has 0 aromatic carbocycles. The highest BCUT2D eigenvalue weighted by molar-refractivity contribution is 5.96. The smallest absolute Gasteiger partial charge is 0.139 e. The first kappa shape index (κ1) is 11.3. The summed E-state index contributed by atoms with van der Waals surface area (Å²) in [5.74, 6) is 6.23. The van der Waals surface area contributed by atoms with Crippen LogP contribution in [0, 0.1) is 0 Å². The summed E-state index contributed by atoms with van der Waals surface area (Å²) >= 11 is 0. The molecule has 2 aromatic rings. The van der Waals surface area contributed by atoms with E-state index >= 15 is 0 Å². The fraction of sp³-hybridized carbons (Fsp3) is 0.417. The first-order chi connectivity index (χ1) is 8.77. The lowest BCUT2D eigenvalue weighted by atomic mass is 10.1. The highest BCUT2D eigenvalue weighted by Crippen LogP contribution is 2.31. The van der Waals surface area contributed by atoms with Crippen LogP contribution in [0.15, 0.2) is 18.5 Å². The standard InChI is InChI=1S/C12H17N5O/c13-10-6-16-12-9(3-4-15-12)11(10)17(14)8-2-1-5-18-7-8/h3-4,6,8H,1-2,5,7,13-14H2,(H,15,16). The molecule has 6 heteroatoms. The minimum Gasteiger partial charge on any atom is -0.396 e. The summed E-state index contributed by atoms with van der Waals surface area (Å²) in [4.78, 5) is 7.30. The van der Waals surface area contributed by atoms with Crippen molar-refractivity contribution >= 4 is 22.4 Å². The SMILES string of the molecule is Nc1cnc2[nH]ccc2c1N(N)C1CCCOC1. The average molecular weight is 247 g/mol. The molecule has 0 saturated carbocycles. The van der Waals surface area contributed by atoms with Crippen LogP contribution in [0.5, 0.6) is 0 Å². The van der Waals surface area contributed by atoms with Gasteiger partial charge in [0.1, 0.15) is 5.65 Å². The average Bonchev–Trinajstić information content (AvgIpc) is 2.87. The molecule has 96 valence electrons. The zero-order valence-corrected chi connectivity index (χ0v) is 10.1. The third-order valence-electron chi connectivity index (χ3n) is 3.37. The van der Waals surface area contributed by atoms with E-state index in [0.29, 0.717) is 12.3 Å². The summed E-state index contributed by atoms with van der Waals surface area (Å²) < 4.78 is 5.47. The molecule has 0 amide bonds. The van der Waals surface area contributed by atoms with Gasteiger partial charge in [-0.2, -0.15) is 0 Å². The molecule has 3 rings (SSSR count). The van der Waals surface area contributed by atoms with Crippen LogP contribution in [0.3, 0.4) is 0 Å². The Kier molecular flexibility index (Phi) is 2.81. The van der Waals surface area contributed by atoms with Gasteiger partial charge in [0.25, 0.3) is 0 Å². The molecule has 0 spiro atoms. The monoisotopic (exact) mass is 247 g/mol. The molecule has 0 aliphatic carbocycles. The summed E-state index contributed by atoms with van der Waals surface area (Å²) in [6, 6.07) is 2.11. The molecular formula is C12H17N5O. The Bertz CT molecular complexity index is 546. The van der Waals surface area contributed by atoms with E-state index in [1.54, 1.807) is 11.2 Å². The predicted molar refractivity (Wildman–Crippen MR) is 71.0 cm³/mol. The van der Waals surface area contributed by atoms with Gasteiger partial charge in [0, 0.05) is 18.2 Å². The van der Waals surface area contributed by atoms with Crippen molar-refractivity contribution in [3.05, 3.63) is 18.5 Å². The molecule has 0 bridgehead atoms. The number of nitrogens with one attached hydrogen (secondary N) is 1. The fourth-order valence-corrected chi connectivity index (χ4v) is 2.42. The minimum absolute atomic E-state index is 0.168. The molecule has 1 unspecified atom stereocenters. The van der Waals surface area contributed by atoms with Crippen molar-refractivity contribution < 1.29 is 4.74 Å². The van der Waals surface area contributed by atoms with Crippen molar-refractivity contribution in [2.75, 3.05) is 24.0 Å². The molecule has 18 heavy (non-hydrogen) atoms. The minimum atomic E-state index is 0.168. The number of hydrogen-bond donors (Lipinski definition) is 3. The van der Waals surface area contributed by atoms with E-state index in [2.05, 4.69) is 9.97 Å².